The third-order valence-corrected chi connectivity index (χ3v) is 1.72. The van der Waals surface area contributed by atoms with Crippen LogP contribution in [0.1, 0.15) is 10.4 Å². The number of anilines is 1. The van der Waals surface area contributed by atoms with Crippen molar-refractivity contribution in [2.24, 2.45) is 0 Å². The molecule has 0 spiro atoms. The van der Waals surface area contributed by atoms with Gasteiger partial charge in [-0.05, 0) is 18.2 Å². The summed E-state index contributed by atoms with van der Waals surface area (Å²) in [6, 6.07) is 4.03. The molecule has 0 aliphatic carbocycles. The van der Waals surface area contributed by atoms with Crippen LogP contribution in [0.4, 0.5) is 10.1 Å². The van der Waals surface area contributed by atoms with E-state index in [0.717, 1.165) is 0 Å². The fraction of sp³-hybridized carbons (Fsp3) is 0.222. The summed E-state index contributed by atoms with van der Waals surface area (Å²) in [5.41, 5.74) is 0.922. The molecule has 1 amide bonds. The highest BCUT2D eigenvalue weighted by Gasteiger charge is 2.09. The highest BCUT2D eigenvalue weighted by atomic mass is 19.1. The zero-order valence-corrected chi connectivity index (χ0v) is 7.52. The van der Waals surface area contributed by atoms with Crippen molar-refractivity contribution in [2.75, 3.05) is 19.4 Å². The van der Waals surface area contributed by atoms with Gasteiger partial charge in [0.15, 0.2) is 0 Å². The van der Waals surface area contributed by atoms with Crippen molar-refractivity contribution in [3.05, 3.63) is 29.6 Å². The summed E-state index contributed by atoms with van der Waals surface area (Å²) in [7, 11) is 3.19. The fourth-order valence-electron chi connectivity index (χ4n) is 1.06. The van der Waals surface area contributed by atoms with Crippen LogP contribution in [0.25, 0.3) is 0 Å². The zero-order chi connectivity index (χ0) is 9.84. The number of hydrogen-bond acceptors (Lipinski definition) is 2. The Hall–Kier alpha value is -1.58. The lowest BCUT2D eigenvalue weighted by Gasteiger charge is -2.07. The number of carbonyl (C=O) groups excluding carboxylic acids is 1. The van der Waals surface area contributed by atoms with E-state index in [9.17, 15) is 9.18 Å². The zero-order valence-electron chi connectivity index (χ0n) is 7.52. The largest absolute Gasteiger partial charge is 0.387 e. The summed E-state index contributed by atoms with van der Waals surface area (Å²) in [5, 5.41) is 5.25. The lowest BCUT2D eigenvalue weighted by Crippen LogP contribution is -2.19. The standard InChI is InChI=1S/C9H11FN2O/c1-11-8-4-3-6(10)5-7(8)9(13)12-2/h3-5,11H,1-2H3,(H,12,13). The predicted molar refractivity (Wildman–Crippen MR) is 49.3 cm³/mol. The van der Waals surface area contributed by atoms with Crippen molar-refractivity contribution in [2.45, 2.75) is 0 Å². The summed E-state index contributed by atoms with van der Waals surface area (Å²) in [5.74, 6) is -0.721. The second-order valence-electron chi connectivity index (χ2n) is 2.52. The maximum atomic E-state index is 12.8. The molecule has 1 rings (SSSR count). The minimum atomic E-state index is -0.419. The molecular weight excluding hydrogens is 171 g/mol. The first-order chi connectivity index (χ1) is 6.19. The van der Waals surface area contributed by atoms with E-state index in [1.807, 2.05) is 0 Å². The second kappa shape index (κ2) is 3.89. The molecule has 1 aromatic rings. The van der Waals surface area contributed by atoms with Crippen molar-refractivity contribution < 1.29 is 9.18 Å². The second-order valence-corrected chi connectivity index (χ2v) is 2.52. The van der Waals surface area contributed by atoms with E-state index < -0.39 is 5.82 Å². The number of nitrogens with one attached hydrogen (secondary N) is 2. The van der Waals surface area contributed by atoms with Crippen molar-refractivity contribution in [3.8, 4) is 0 Å². The molecule has 0 bridgehead atoms. The number of amides is 1. The van der Waals surface area contributed by atoms with Crippen LogP contribution < -0.4 is 10.6 Å². The summed E-state index contributed by atoms with van der Waals surface area (Å²) in [6.07, 6.45) is 0. The van der Waals surface area contributed by atoms with Gasteiger partial charge in [-0.25, -0.2) is 4.39 Å². The Morgan fingerprint density at radius 1 is 1.38 bits per heavy atom. The van der Waals surface area contributed by atoms with E-state index in [1.54, 1.807) is 7.05 Å². The van der Waals surface area contributed by atoms with Crippen LogP contribution in [0.5, 0.6) is 0 Å². The van der Waals surface area contributed by atoms with Gasteiger partial charge < -0.3 is 10.6 Å². The molecule has 0 fully saturated rings. The van der Waals surface area contributed by atoms with Crippen molar-refractivity contribution in [1.82, 2.24) is 5.32 Å². The average Bonchev–Trinajstić information content (AvgIpc) is 2.16. The summed E-state index contributed by atoms with van der Waals surface area (Å²) in [4.78, 5) is 11.2. The quantitative estimate of drug-likeness (QED) is 0.722. The van der Waals surface area contributed by atoms with Crippen LogP contribution in [0, 0.1) is 5.82 Å². The van der Waals surface area contributed by atoms with E-state index in [1.165, 1.54) is 25.2 Å². The van der Waals surface area contributed by atoms with Gasteiger partial charge in [-0.15, -0.1) is 0 Å². The number of carbonyl (C=O) groups is 1. The summed E-state index contributed by atoms with van der Waals surface area (Å²) < 4.78 is 12.8. The molecule has 0 unspecified atom stereocenters. The monoisotopic (exact) mass is 182 g/mol. The molecule has 0 aliphatic heterocycles. The first-order valence-corrected chi connectivity index (χ1v) is 3.88. The van der Waals surface area contributed by atoms with Gasteiger partial charge in [-0.2, -0.15) is 0 Å². The van der Waals surface area contributed by atoms with E-state index in [0.29, 0.717) is 11.3 Å². The third kappa shape index (κ3) is 1.96. The van der Waals surface area contributed by atoms with Gasteiger partial charge in [-0.3, -0.25) is 4.79 Å². The number of halogens is 1. The maximum Gasteiger partial charge on any atom is 0.253 e. The van der Waals surface area contributed by atoms with E-state index in [4.69, 9.17) is 0 Å². The van der Waals surface area contributed by atoms with E-state index in [-0.39, 0.29) is 5.91 Å². The molecule has 0 heterocycles. The molecule has 70 valence electrons. The number of benzene rings is 1. The SMILES string of the molecule is CNC(=O)c1cc(F)ccc1NC. The van der Waals surface area contributed by atoms with Gasteiger partial charge in [0.1, 0.15) is 5.82 Å². The summed E-state index contributed by atoms with van der Waals surface area (Å²) in [6.45, 7) is 0. The van der Waals surface area contributed by atoms with Crippen LogP contribution >= 0.6 is 0 Å². The first-order valence-electron chi connectivity index (χ1n) is 3.88. The molecule has 13 heavy (non-hydrogen) atoms. The molecule has 0 saturated heterocycles. The van der Waals surface area contributed by atoms with Crippen LogP contribution in [-0.2, 0) is 0 Å². The lowest BCUT2D eigenvalue weighted by molar-refractivity contribution is 0.0963. The fourth-order valence-corrected chi connectivity index (χ4v) is 1.06. The molecule has 0 aromatic heterocycles. The van der Waals surface area contributed by atoms with Gasteiger partial charge in [0.25, 0.3) is 5.91 Å². The maximum absolute atomic E-state index is 12.8. The summed E-state index contributed by atoms with van der Waals surface area (Å²) >= 11 is 0. The molecule has 4 heteroatoms. The first kappa shape index (κ1) is 9.51. The van der Waals surface area contributed by atoms with Crippen LogP contribution in [-0.4, -0.2) is 20.0 Å². The van der Waals surface area contributed by atoms with Crippen molar-refractivity contribution in [3.63, 3.8) is 0 Å². The van der Waals surface area contributed by atoms with Gasteiger partial charge in [0.05, 0.1) is 5.56 Å². The molecule has 1 aromatic carbocycles. The van der Waals surface area contributed by atoms with Gasteiger partial charge in [-0.1, -0.05) is 0 Å². The minimum absolute atomic E-state index is 0.302. The highest BCUT2D eigenvalue weighted by molar-refractivity contribution is 5.99. The van der Waals surface area contributed by atoms with E-state index in [2.05, 4.69) is 10.6 Å². The average molecular weight is 182 g/mol. The smallest absolute Gasteiger partial charge is 0.253 e. The van der Waals surface area contributed by atoms with Crippen LogP contribution in [0.15, 0.2) is 18.2 Å². The molecular formula is C9H11FN2O. The molecule has 2 N–H and O–H groups in total. The van der Waals surface area contributed by atoms with Gasteiger partial charge in [0.2, 0.25) is 0 Å². The highest BCUT2D eigenvalue weighted by Crippen LogP contribution is 2.15. The Morgan fingerprint density at radius 3 is 2.62 bits per heavy atom. The number of hydrogen-bond donors (Lipinski definition) is 2. The Bertz CT molecular complexity index is 325. The molecule has 0 aliphatic rings. The van der Waals surface area contributed by atoms with Crippen LogP contribution in [0.3, 0.4) is 0 Å². The minimum Gasteiger partial charge on any atom is -0.387 e. The third-order valence-electron chi connectivity index (χ3n) is 1.72. The Balaban J connectivity index is 3.15. The Morgan fingerprint density at radius 2 is 2.08 bits per heavy atom. The Labute approximate surface area is 76.0 Å². The van der Waals surface area contributed by atoms with Crippen LogP contribution in [0.2, 0.25) is 0 Å². The Kier molecular flexibility index (Phi) is 2.84. The molecule has 0 saturated carbocycles. The van der Waals surface area contributed by atoms with Gasteiger partial charge >= 0.3 is 0 Å². The number of rotatable bonds is 2. The normalized spacial score (nSPS) is 9.46. The molecule has 0 atom stereocenters. The lowest BCUT2D eigenvalue weighted by atomic mass is 10.1. The van der Waals surface area contributed by atoms with E-state index >= 15 is 0 Å². The predicted octanol–water partition coefficient (Wildman–Crippen LogP) is 1.23. The van der Waals surface area contributed by atoms with Gasteiger partial charge in [0, 0.05) is 19.8 Å². The van der Waals surface area contributed by atoms with Crippen molar-refractivity contribution >= 4 is 11.6 Å². The van der Waals surface area contributed by atoms with Crippen molar-refractivity contribution in [1.29, 1.82) is 0 Å². The molecule has 0 radical (unpaired) electrons. The molecule has 3 nitrogen and oxygen atoms in total. The topological polar surface area (TPSA) is 41.1 Å².